The second-order valence-electron chi connectivity index (χ2n) is 6.80. The Hall–Kier alpha value is -0.880. The van der Waals surface area contributed by atoms with Crippen molar-refractivity contribution in [3.8, 4) is 0 Å². The van der Waals surface area contributed by atoms with E-state index in [0.717, 1.165) is 24.5 Å². The van der Waals surface area contributed by atoms with Crippen LogP contribution in [-0.2, 0) is 13.1 Å². The summed E-state index contributed by atoms with van der Waals surface area (Å²) in [6.45, 7) is 6.23. The number of aryl methyl sites for hydroxylation is 1. The van der Waals surface area contributed by atoms with E-state index in [0.29, 0.717) is 11.5 Å². The van der Waals surface area contributed by atoms with Gasteiger partial charge in [0.05, 0.1) is 5.69 Å². The predicted molar refractivity (Wildman–Crippen MR) is 95.0 cm³/mol. The topological polar surface area (TPSA) is 41.3 Å². The minimum Gasteiger partial charge on any atom is -0.361 e. The molecule has 1 atom stereocenters. The first-order valence-corrected chi connectivity index (χ1v) is 9.08. The maximum Gasteiger partial charge on any atom is 0.133 e. The van der Waals surface area contributed by atoms with Crippen LogP contribution in [0.3, 0.4) is 0 Å². The maximum atomic E-state index is 5.25. The number of nitrogens with zero attached hydrogens (tertiary/aromatic N) is 2. The number of nitrogens with one attached hydrogen (secondary N) is 1. The smallest absolute Gasteiger partial charge is 0.133 e. The highest BCUT2D eigenvalue weighted by Crippen LogP contribution is 2.56. The summed E-state index contributed by atoms with van der Waals surface area (Å²) < 4.78 is 5.25. The molecule has 2 fully saturated rings. The second-order valence-corrected chi connectivity index (χ2v) is 7.58. The molecule has 4 rings (SSSR count). The number of hydrogen-bond donors (Lipinski definition) is 1. The minimum atomic E-state index is 0. The molecule has 1 aliphatic heterocycles. The van der Waals surface area contributed by atoms with Crippen LogP contribution in [0.5, 0.6) is 0 Å². The molecule has 3 heterocycles. The maximum absolute atomic E-state index is 5.25. The number of halogens is 1. The predicted octanol–water partition coefficient (Wildman–Crippen LogP) is 3.61. The zero-order valence-electron chi connectivity index (χ0n) is 13.5. The average molecular weight is 354 g/mol. The van der Waals surface area contributed by atoms with Gasteiger partial charge in [0.2, 0.25) is 0 Å². The summed E-state index contributed by atoms with van der Waals surface area (Å²) in [6.07, 6.45) is 3.97. The zero-order chi connectivity index (χ0) is 15.0. The third kappa shape index (κ3) is 3.63. The van der Waals surface area contributed by atoms with E-state index < -0.39 is 0 Å². The lowest BCUT2D eigenvalue weighted by molar-refractivity contribution is 0.184. The van der Waals surface area contributed by atoms with Gasteiger partial charge < -0.3 is 9.84 Å². The van der Waals surface area contributed by atoms with Crippen molar-refractivity contribution in [2.24, 2.45) is 5.41 Å². The first-order chi connectivity index (χ1) is 10.8. The van der Waals surface area contributed by atoms with Crippen molar-refractivity contribution >= 4 is 23.7 Å². The van der Waals surface area contributed by atoms with Crippen LogP contribution >= 0.6 is 23.7 Å². The number of aromatic nitrogens is 1. The van der Waals surface area contributed by atoms with E-state index in [-0.39, 0.29) is 12.4 Å². The zero-order valence-corrected chi connectivity index (χ0v) is 15.1. The van der Waals surface area contributed by atoms with Crippen LogP contribution in [0.4, 0.5) is 0 Å². The number of piperidine rings is 1. The highest BCUT2D eigenvalue weighted by Gasteiger charge is 2.56. The van der Waals surface area contributed by atoms with E-state index in [4.69, 9.17) is 4.52 Å². The SMILES string of the molecule is Cc1cc(CN(Cc2ccsc2)C2CC23CCNCC3)no1.Cl. The molecule has 2 aromatic rings. The monoisotopic (exact) mass is 353 g/mol. The summed E-state index contributed by atoms with van der Waals surface area (Å²) in [6, 6.07) is 5.01. The molecule has 1 saturated heterocycles. The van der Waals surface area contributed by atoms with Gasteiger partial charge in [-0.1, -0.05) is 5.16 Å². The van der Waals surface area contributed by atoms with Gasteiger partial charge in [-0.25, -0.2) is 0 Å². The average Bonchev–Trinajstić information content (AvgIpc) is 2.90. The summed E-state index contributed by atoms with van der Waals surface area (Å²) in [5, 5.41) is 12.1. The lowest BCUT2D eigenvalue weighted by Gasteiger charge is -2.29. The molecule has 0 aromatic carbocycles. The van der Waals surface area contributed by atoms with E-state index in [1.807, 2.05) is 6.92 Å². The molecule has 1 aliphatic carbocycles. The van der Waals surface area contributed by atoms with Crippen LogP contribution in [0.1, 0.15) is 36.3 Å². The molecular formula is C17H24ClN3OS. The molecule has 2 aliphatic rings. The van der Waals surface area contributed by atoms with Crippen molar-refractivity contribution in [2.45, 2.75) is 45.3 Å². The van der Waals surface area contributed by atoms with Crippen LogP contribution < -0.4 is 5.32 Å². The van der Waals surface area contributed by atoms with E-state index in [1.54, 1.807) is 11.3 Å². The van der Waals surface area contributed by atoms with Crippen LogP contribution in [0, 0.1) is 12.3 Å². The third-order valence-corrected chi connectivity index (χ3v) is 5.93. The Balaban J connectivity index is 0.00000156. The first-order valence-electron chi connectivity index (χ1n) is 8.13. The summed E-state index contributed by atoms with van der Waals surface area (Å²) in [7, 11) is 0. The van der Waals surface area contributed by atoms with Gasteiger partial charge in [-0.2, -0.15) is 11.3 Å². The molecule has 6 heteroatoms. The van der Waals surface area contributed by atoms with Gasteiger partial charge in [0, 0.05) is 25.2 Å². The largest absolute Gasteiger partial charge is 0.361 e. The number of hydrogen-bond acceptors (Lipinski definition) is 5. The standard InChI is InChI=1S/C17H23N3OS.ClH/c1-13-8-15(19-21-13)11-20(10-14-2-7-22-12-14)16-9-17(16)3-5-18-6-4-17;/h2,7-8,12,16,18H,3-6,9-11H2,1H3;1H. The second kappa shape index (κ2) is 6.93. The van der Waals surface area contributed by atoms with Gasteiger partial charge in [0.15, 0.2) is 0 Å². The fourth-order valence-corrected chi connectivity index (χ4v) is 4.56. The van der Waals surface area contributed by atoms with Gasteiger partial charge in [0.1, 0.15) is 5.76 Å². The third-order valence-electron chi connectivity index (χ3n) is 5.19. The molecule has 0 bridgehead atoms. The van der Waals surface area contributed by atoms with E-state index in [2.05, 4.69) is 38.3 Å². The van der Waals surface area contributed by atoms with Crippen molar-refractivity contribution in [2.75, 3.05) is 13.1 Å². The summed E-state index contributed by atoms with van der Waals surface area (Å²) in [4.78, 5) is 2.62. The first kappa shape index (κ1) is 17.0. The van der Waals surface area contributed by atoms with Gasteiger partial charge in [0.25, 0.3) is 0 Å². The Morgan fingerprint density at radius 1 is 1.39 bits per heavy atom. The fourth-order valence-electron chi connectivity index (χ4n) is 3.90. The van der Waals surface area contributed by atoms with Crippen LogP contribution in [-0.4, -0.2) is 29.2 Å². The molecule has 4 nitrogen and oxygen atoms in total. The molecule has 23 heavy (non-hydrogen) atoms. The van der Waals surface area contributed by atoms with E-state index >= 15 is 0 Å². The van der Waals surface area contributed by atoms with Crippen LogP contribution in [0.15, 0.2) is 27.4 Å². The van der Waals surface area contributed by atoms with Gasteiger partial charge >= 0.3 is 0 Å². The molecule has 126 valence electrons. The highest BCUT2D eigenvalue weighted by molar-refractivity contribution is 7.07. The molecule has 0 amide bonds. The number of thiophene rings is 1. The molecule has 0 radical (unpaired) electrons. The molecule has 1 saturated carbocycles. The Bertz CT molecular complexity index is 622. The normalized spacial score (nSPS) is 22.3. The molecular weight excluding hydrogens is 330 g/mol. The summed E-state index contributed by atoms with van der Waals surface area (Å²) in [5.74, 6) is 0.901. The van der Waals surface area contributed by atoms with Crippen molar-refractivity contribution in [3.05, 3.63) is 39.9 Å². The van der Waals surface area contributed by atoms with Crippen LogP contribution in [0.25, 0.3) is 0 Å². The quantitative estimate of drug-likeness (QED) is 0.891. The number of rotatable bonds is 5. The Morgan fingerprint density at radius 2 is 2.22 bits per heavy atom. The fraction of sp³-hybridized carbons (Fsp3) is 0.588. The minimum absolute atomic E-state index is 0. The lowest BCUT2D eigenvalue weighted by Crippen LogP contribution is -2.35. The Kier molecular flexibility index (Phi) is 5.11. The van der Waals surface area contributed by atoms with Gasteiger partial charge in [-0.15, -0.1) is 12.4 Å². The molecule has 1 spiro atoms. The Labute approximate surface area is 147 Å². The van der Waals surface area contributed by atoms with Crippen molar-refractivity contribution in [3.63, 3.8) is 0 Å². The van der Waals surface area contributed by atoms with Crippen molar-refractivity contribution in [1.29, 1.82) is 0 Å². The molecule has 2 aromatic heterocycles. The molecule has 1 N–H and O–H groups in total. The Morgan fingerprint density at radius 3 is 2.87 bits per heavy atom. The van der Waals surface area contributed by atoms with Crippen molar-refractivity contribution < 1.29 is 4.52 Å². The van der Waals surface area contributed by atoms with Crippen molar-refractivity contribution in [1.82, 2.24) is 15.4 Å². The summed E-state index contributed by atoms with van der Waals surface area (Å²) >= 11 is 1.78. The van der Waals surface area contributed by atoms with Crippen LogP contribution in [0.2, 0.25) is 0 Å². The summed E-state index contributed by atoms with van der Waals surface area (Å²) in [5.41, 5.74) is 3.03. The lowest BCUT2D eigenvalue weighted by atomic mass is 9.93. The highest BCUT2D eigenvalue weighted by atomic mass is 35.5. The van der Waals surface area contributed by atoms with Gasteiger partial charge in [-0.05, 0) is 67.1 Å². The van der Waals surface area contributed by atoms with E-state index in [1.165, 1.54) is 37.9 Å². The molecule has 1 unspecified atom stereocenters. The van der Waals surface area contributed by atoms with Gasteiger partial charge in [-0.3, -0.25) is 4.90 Å². The van der Waals surface area contributed by atoms with E-state index in [9.17, 15) is 0 Å².